The van der Waals surface area contributed by atoms with E-state index in [9.17, 15) is 0 Å². The molecule has 0 unspecified atom stereocenters. The van der Waals surface area contributed by atoms with Crippen LogP contribution >= 0.6 is 0 Å². The molecule has 9 aromatic carbocycles. The largest absolute Gasteiger partial charge is 0.228 e. The van der Waals surface area contributed by atoms with Crippen molar-refractivity contribution in [3.63, 3.8) is 0 Å². The van der Waals surface area contributed by atoms with E-state index in [2.05, 4.69) is 190 Å². The van der Waals surface area contributed by atoms with Crippen molar-refractivity contribution in [2.24, 2.45) is 0 Å². The van der Waals surface area contributed by atoms with Crippen LogP contribution in [-0.2, 0) is 5.41 Å². The van der Waals surface area contributed by atoms with E-state index in [1.165, 1.54) is 76.5 Å². The first-order chi connectivity index (χ1) is 27.0. The third kappa shape index (κ3) is 4.88. The van der Waals surface area contributed by atoms with Gasteiger partial charge in [0.1, 0.15) is 0 Å². The zero-order valence-corrected chi connectivity index (χ0v) is 30.7. The molecule has 0 saturated heterocycles. The van der Waals surface area contributed by atoms with Crippen molar-refractivity contribution in [3.8, 4) is 56.2 Å². The third-order valence-electron chi connectivity index (χ3n) is 11.9. The highest BCUT2D eigenvalue weighted by Crippen LogP contribution is 2.52. The van der Waals surface area contributed by atoms with Gasteiger partial charge in [-0.25, -0.2) is 9.97 Å². The highest BCUT2D eigenvalue weighted by atomic mass is 14.9. The lowest BCUT2D eigenvalue weighted by Crippen LogP contribution is -2.14. The van der Waals surface area contributed by atoms with Gasteiger partial charge in [-0.1, -0.05) is 178 Å². The summed E-state index contributed by atoms with van der Waals surface area (Å²) in [6.07, 6.45) is 0. The summed E-state index contributed by atoms with van der Waals surface area (Å²) in [5.41, 5.74) is 12.8. The van der Waals surface area contributed by atoms with E-state index >= 15 is 0 Å². The zero-order chi connectivity index (χ0) is 36.7. The maximum atomic E-state index is 5.30. The summed E-state index contributed by atoms with van der Waals surface area (Å²) < 4.78 is 0. The van der Waals surface area contributed by atoms with E-state index in [-0.39, 0.29) is 5.41 Å². The molecule has 0 saturated carbocycles. The molecular formula is C53H36N2. The minimum atomic E-state index is -0.0727. The van der Waals surface area contributed by atoms with Gasteiger partial charge in [-0.2, -0.15) is 0 Å². The van der Waals surface area contributed by atoms with Gasteiger partial charge in [0.15, 0.2) is 5.82 Å². The van der Waals surface area contributed by atoms with Gasteiger partial charge in [-0.15, -0.1) is 0 Å². The normalized spacial score (nSPS) is 13.1. The Kier molecular flexibility index (Phi) is 6.93. The monoisotopic (exact) mass is 700 g/mol. The molecule has 0 fully saturated rings. The number of hydrogen-bond acceptors (Lipinski definition) is 2. The molecule has 0 N–H and O–H groups in total. The molecule has 10 aromatic rings. The quantitative estimate of drug-likeness (QED) is 0.171. The van der Waals surface area contributed by atoms with E-state index < -0.39 is 0 Å². The van der Waals surface area contributed by atoms with Crippen molar-refractivity contribution < 1.29 is 0 Å². The molecule has 0 atom stereocenters. The fraction of sp³-hybridized carbons (Fsp3) is 0.0566. The van der Waals surface area contributed by atoms with Gasteiger partial charge in [-0.05, 0) is 94.7 Å². The molecule has 0 radical (unpaired) electrons. The molecule has 2 heteroatoms. The van der Waals surface area contributed by atoms with Gasteiger partial charge in [-0.3, -0.25) is 0 Å². The van der Waals surface area contributed by atoms with Gasteiger partial charge >= 0.3 is 0 Å². The van der Waals surface area contributed by atoms with Crippen LogP contribution in [0.2, 0.25) is 0 Å². The van der Waals surface area contributed by atoms with Crippen LogP contribution in [0.3, 0.4) is 0 Å². The van der Waals surface area contributed by atoms with Crippen molar-refractivity contribution in [2.45, 2.75) is 19.3 Å². The Morgan fingerprint density at radius 2 is 0.909 bits per heavy atom. The van der Waals surface area contributed by atoms with E-state index in [1.807, 2.05) is 6.07 Å². The Labute approximate surface area is 320 Å². The topological polar surface area (TPSA) is 25.8 Å². The lowest BCUT2D eigenvalue weighted by molar-refractivity contribution is 0.661. The first kappa shape index (κ1) is 31.6. The minimum Gasteiger partial charge on any atom is -0.228 e. The predicted molar refractivity (Wildman–Crippen MR) is 231 cm³/mol. The van der Waals surface area contributed by atoms with E-state index in [4.69, 9.17) is 9.97 Å². The predicted octanol–water partition coefficient (Wildman–Crippen LogP) is 14.1. The Morgan fingerprint density at radius 1 is 0.345 bits per heavy atom. The SMILES string of the molecule is CC1(C)c2ccc(-c3ccc(-c4cc(-c5cc6ccccc6c6ccccc56)nc(-c5ccccc5)n4)c4ccccc34)cc2-c2c1ccc1ccccc21. The Balaban J connectivity index is 1.12. The van der Waals surface area contributed by atoms with Crippen LogP contribution in [0, 0.1) is 0 Å². The van der Waals surface area contributed by atoms with E-state index in [0.29, 0.717) is 5.82 Å². The molecule has 2 nitrogen and oxygen atoms in total. The van der Waals surface area contributed by atoms with Crippen LogP contribution in [0.4, 0.5) is 0 Å². The van der Waals surface area contributed by atoms with Gasteiger partial charge in [0.05, 0.1) is 11.4 Å². The second-order valence-electron chi connectivity index (χ2n) is 15.3. The molecule has 1 aromatic heterocycles. The van der Waals surface area contributed by atoms with Crippen molar-refractivity contribution in [1.29, 1.82) is 0 Å². The second kappa shape index (κ2) is 12.1. The summed E-state index contributed by atoms with van der Waals surface area (Å²) in [5.74, 6) is 0.714. The van der Waals surface area contributed by atoms with Crippen molar-refractivity contribution in [3.05, 3.63) is 193 Å². The first-order valence-electron chi connectivity index (χ1n) is 19.1. The van der Waals surface area contributed by atoms with Gasteiger partial charge in [0.2, 0.25) is 0 Å². The number of nitrogens with zero attached hydrogens (tertiary/aromatic N) is 2. The lowest BCUT2D eigenvalue weighted by atomic mass is 9.81. The first-order valence-corrected chi connectivity index (χ1v) is 19.1. The Hall–Kier alpha value is -6.90. The third-order valence-corrected chi connectivity index (χ3v) is 11.9. The molecule has 11 rings (SSSR count). The fourth-order valence-corrected chi connectivity index (χ4v) is 9.17. The fourth-order valence-electron chi connectivity index (χ4n) is 9.17. The minimum absolute atomic E-state index is 0.0727. The van der Waals surface area contributed by atoms with Crippen LogP contribution in [-0.4, -0.2) is 9.97 Å². The average Bonchev–Trinajstić information content (AvgIpc) is 3.48. The van der Waals surface area contributed by atoms with E-state index in [0.717, 1.165) is 28.1 Å². The standard InChI is InChI=1S/C53H36N2/c1-53(2)47-28-25-36(31-46(47)51-39-19-9-6-14-33(39)24-29-48(51)53)38-26-27-44(42-22-12-10-21-41(38)42)49-32-50(55-52(54-49)34-15-4-3-5-16-34)45-30-35-17-7-8-18-37(35)40-20-11-13-23-43(40)45/h3-32H,1-2H3. The molecule has 258 valence electrons. The summed E-state index contributed by atoms with van der Waals surface area (Å²) in [7, 11) is 0. The number of hydrogen-bond donors (Lipinski definition) is 0. The average molecular weight is 701 g/mol. The molecule has 55 heavy (non-hydrogen) atoms. The maximum Gasteiger partial charge on any atom is 0.160 e. The van der Waals surface area contributed by atoms with Gasteiger partial charge in [0, 0.05) is 22.1 Å². The van der Waals surface area contributed by atoms with Crippen LogP contribution in [0.1, 0.15) is 25.0 Å². The van der Waals surface area contributed by atoms with Gasteiger partial charge < -0.3 is 0 Å². The van der Waals surface area contributed by atoms with Crippen molar-refractivity contribution >= 4 is 43.1 Å². The summed E-state index contributed by atoms with van der Waals surface area (Å²) in [6, 6.07) is 66.0. The molecule has 1 aliphatic carbocycles. The van der Waals surface area contributed by atoms with Crippen molar-refractivity contribution in [2.75, 3.05) is 0 Å². The Bertz CT molecular complexity index is 3170. The molecule has 1 aliphatic rings. The summed E-state index contributed by atoms with van der Waals surface area (Å²) in [6.45, 7) is 4.72. The lowest BCUT2D eigenvalue weighted by Gasteiger charge is -2.22. The number of rotatable bonds is 4. The van der Waals surface area contributed by atoms with Crippen LogP contribution in [0.15, 0.2) is 182 Å². The van der Waals surface area contributed by atoms with Crippen LogP contribution in [0.5, 0.6) is 0 Å². The molecule has 0 spiro atoms. The highest BCUT2D eigenvalue weighted by molar-refractivity contribution is 6.14. The smallest absolute Gasteiger partial charge is 0.160 e. The van der Waals surface area contributed by atoms with Crippen molar-refractivity contribution in [1.82, 2.24) is 9.97 Å². The van der Waals surface area contributed by atoms with E-state index in [1.54, 1.807) is 0 Å². The molecule has 0 aliphatic heterocycles. The van der Waals surface area contributed by atoms with Crippen LogP contribution in [0.25, 0.3) is 99.2 Å². The number of fused-ring (bicyclic) bond motifs is 9. The highest BCUT2D eigenvalue weighted by Gasteiger charge is 2.36. The van der Waals surface area contributed by atoms with Gasteiger partial charge in [0.25, 0.3) is 0 Å². The maximum absolute atomic E-state index is 5.30. The molecule has 1 heterocycles. The summed E-state index contributed by atoms with van der Waals surface area (Å²) in [5, 5.41) is 9.80. The zero-order valence-electron chi connectivity index (χ0n) is 30.7. The molecular weight excluding hydrogens is 665 g/mol. The Morgan fingerprint density at radius 3 is 1.67 bits per heavy atom. The molecule has 0 amide bonds. The second-order valence-corrected chi connectivity index (χ2v) is 15.3. The number of benzene rings is 9. The number of aromatic nitrogens is 2. The summed E-state index contributed by atoms with van der Waals surface area (Å²) >= 11 is 0. The summed E-state index contributed by atoms with van der Waals surface area (Å²) in [4.78, 5) is 10.6. The molecule has 0 bridgehead atoms. The van der Waals surface area contributed by atoms with Crippen LogP contribution < -0.4 is 0 Å².